The van der Waals surface area contributed by atoms with Crippen LogP contribution < -0.4 is 0 Å². The van der Waals surface area contributed by atoms with Gasteiger partial charge in [-0.15, -0.1) is 11.6 Å². The quantitative estimate of drug-likeness (QED) is 0.700. The third-order valence-corrected chi connectivity index (χ3v) is 2.52. The van der Waals surface area contributed by atoms with Gasteiger partial charge in [-0.2, -0.15) is 5.10 Å². The van der Waals surface area contributed by atoms with Gasteiger partial charge >= 0.3 is 0 Å². The average molecular weight is 214 g/mol. The number of aromatic nitrogens is 2. The Morgan fingerprint density at radius 1 is 1.71 bits per heavy atom. The second-order valence-corrected chi connectivity index (χ2v) is 4.15. The summed E-state index contributed by atoms with van der Waals surface area (Å²) in [5, 5.41) is 8.06. The van der Waals surface area contributed by atoms with E-state index >= 15 is 0 Å². The summed E-state index contributed by atoms with van der Waals surface area (Å²) in [7, 11) is 1.88. The van der Waals surface area contributed by atoms with Crippen LogP contribution in [0.2, 0.25) is 0 Å². The van der Waals surface area contributed by atoms with Crippen molar-refractivity contribution in [2.45, 2.75) is 24.8 Å². The molecule has 5 heteroatoms. The summed E-state index contributed by atoms with van der Waals surface area (Å²) in [6.45, 7) is 1.91. The molecule has 0 amide bonds. The Morgan fingerprint density at radius 2 is 2.50 bits per heavy atom. The maximum Gasteiger partial charge on any atom is 0.149 e. The van der Waals surface area contributed by atoms with E-state index in [2.05, 4.69) is 10.3 Å². The van der Waals surface area contributed by atoms with Gasteiger partial charge in [0.2, 0.25) is 0 Å². The fourth-order valence-corrected chi connectivity index (χ4v) is 1.52. The van der Waals surface area contributed by atoms with E-state index in [0.29, 0.717) is 0 Å². The Hall–Kier alpha value is -1.03. The van der Waals surface area contributed by atoms with Crippen LogP contribution in [0.5, 0.6) is 0 Å². The summed E-state index contributed by atoms with van der Waals surface area (Å²) in [5.41, 5.74) is 1.93. The van der Waals surface area contributed by atoms with E-state index in [1.807, 2.05) is 20.2 Å². The number of oxime groups is 1. The van der Waals surface area contributed by atoms with Gasteiger partial charge in [-0.1, -0.05) is 5.16 Å². The van der Waals surface area contributed by atoms with Crippen molar-refractivity contribution in [2.24, 2.45) is 12.2 Å². The first-order valence-corrected chi connectivity index (χ1v) is 4.96. The molecule has 0 N–H and O–H groups in total. The summed E-state index contributed by atoms with van der Waals surface area (Å²) >= 11 is 5.92. The van der Waals surface area contributed by atoms with Crippen molar-refractivity contribution < 1.29 is 4.84 Å². The van der Waals surface area contributed by atoms with Gasteiger partial charge in [-0.3, -0.25) is 4.68 Å². The van der Waals surface area contributed by atoms with Crippen molar-refractivity contribution in [1.29, 1.82) is 0 Å². The van der Waals surface area contributed by atoms with E-state index in [1.54, 1.807) is 10.9 Å². The summed E-state index contributed by atoms with van der Waals surface area (Å²) in [6.07, 6.45) is 4.45. The molecule has 2 rings (SSSR count). The smallest absolute Gasteiger partial charge is 0.149 e. The van der Waals surface area contributed by atoms with Crippen LogP contribution in [-0.2, 0) is 11.9 Å². The maximum atomic E-state index is 5.92. The van der Waals surface area contributed by atoms with Gasteiger partial charge in [0.05, 0.1) is 17.3 Å². The van der Waals surface area contributed by atoms with Gasteiger partial charge < -0.3 is 4.84 Å². The summed E-state index contributed by atoms with van der Waals surface area (Å²) < 4.78 is 1.75. The lowest BCUT2D eigenvalue weighted by Gasteiger charge is -2.08. The lowest BCUT2D eigenvalue weighted by atomic mass is 10.1. The van der Waals surface area contributed by atoms with Crippen molar-refractivity contribution >= 4 is 17.3 Å². The molecule has 0 spiro atoms. The molecule has 0 bridgehead atoms. The van der Waals surface area contributed by atoms with Crippen molar-refractivity contribution in [3.63, 3.8) is 0 Å². The largest absolute Gasteiger partial charge is 0.390 e. The Balaban J connectivity index is 2.09. The van der Waals surface area contributed by atoms with E-state index in [-0.39, 0.29) is 11.5 Å². The average Bonchev–Trinajstić information content (AvgIpc) is 2.70. The van der Waals surface area contributed by atoms with Crippen LogP contribution >= 0.6 is 11.6 Å². The zero-order valence-corrected chi connectivity index (χ0v) is 8.90. The van der Waals surface area contributed by atoms with Crippen molar-refractivity contribution in [3.8, 4) is 0 Å². The number of rotatable bonds is 2. The molecule has 1 aromatic heterocycles. The van der Waals surface area contributed by atoms with E-state index in [1.165, 1.54) is 0 Å². The predicted octanol–water partition coefficient (Wildman–Crippen LogP) is 1.54. The highest BCUT2D eigenvalue weighted by Gasteiger charge is 2.26. The van der Waals surface area contributed by atoms with E-state index in [4.69, 9.17) is 16.4 Å². The highest BCUT2D eigenvalue weighted by Crippen LogP contribution is 2.21. The van der Waals surface area contributed by atoms with Crippen LogP contribution in [-0.4, -0.2) is 27.0 Å². The summed E-state index contributed by atoms with van der Waals surface area (Å²) in [5.74, 6) is 0. The van der Waals surface area contributed by atoms with Gasteiger partial charge in [0.1, 0.15) is 6.10 Å². The highest BCUT2D eigenvalue weighted by molar-refractivity contribution is 6.21. The minimum atomic E-state index is -0.0204. The standard InChI is InChI=1S/C9H12ClN3O/c1-6(10)9-3-8(12-14-9)7-4-11-13(2)5-7/h4-6,9H,3H2,1-2H3. The molecule has 1 aromatic rings. The highest BCUT2D eigenvalue weighted by atomic mass is 35.5. The second kappa shape index (κ2) is 3.61. The molecule has 2 heterocycles. The maximum absolute atomic E-state index is 5.92. The van der Waals surface area contributed by atoms with Crippen LogP contribution in [0, 0.1) is 0 Å². The number of hydrogen-bond donors (Lipinski definition) is 0. The van der Waals surface area contributed by atoms with Crippen molar-refractivity contribution in [3.05, 3.63) is 18.0 Å². The molecule has 14 heavy (non-hydrogen) atoms. The molecule has 0 saturated carbocycles. The van der Waals surface area contributed by atoms with E-state index < -0.39 is 0 Å². The number of halogens is 1. The third kappa shape index (κ3) is 1.75. The Labute approximate surface area is 87.5 Å². The number of hydrogen-bond acceptors (Lipinski definition) is 3. The molecule has 0 saturated heterocycles. The molecule has 1 aliphatic rings. The van der Waals surface area contributed by atoms with Crippen LogP contribution in [0.15, 0.2) is 17.5 Å². The second-order valence-electron chi connectivity index (χ2n) is 3.47. The monoisotopic (exact) mass is 213 g/mol. The fourth-order valence-electron chi connectivity index (χ4n) is 1.38. The van der Waals surface area contributed by atoms with Crippen LogP contribution in [0.3, 0.4) is 0 Å². The summed E-state index contributed by atoms with van der Waals surface area (Å²) in [6, 6.07) is 0. The first-order valence-electron chi connectivity index (χ1n) is 4.52. The van der Waals surface area contributed by atoms with Crippen molar-refractivity contribution in [2.75, 3.05) is 0 Å². The topological polar surface area (TPSA) is 39.4 Å². The molecule has 0 aliphatic carbocycles. The van der Waals surface area contributed by atoms with Gasteiger partial charge in [0, 0.05) is 25.2 Å². The molecule has 76 valence electrons. The minimum Gasteiger partial charge on any atom is -0.390 e. The molecule has 0 radical (unpaired) electrons. The first kappa shape index (κ1) is 9.52. The zero-order valence-electron chi connectivity index (χ0n) is 8.14. The first-order chi connectivity index (χ1) is 6.66. The Kier molecular flexibility index (Phi) is 2.46. The fraction of sp³-hybridized carbons (Fsp3) is 0.556. The minimum absolute atomic E-state index is 0.00753. The molecule has 2 unspecified atom stereocenters. The molecule has 0 fully saturated rings. The summed E-state index contributed by atoms with van der Waals surface area (Å²) in [4.78, 5) is 5.21. The Morgan fingerprint density at radius 3 is 3.00 bits per heavy atom. The van der Waals surface area contributed by atoms with Crippen LogP contribution in [0.25, 0.3) is 0 Å². The van der Waals surface area contributed by atoms with Gasteiger partial charge in [-0.25, -0.2) is 0 Å². The molecular weight excluding hydrogens is 202 g/mol. The van der Waals surface area contributed by atoms with Crippen molar-refractivity contribution in [1.82, 2.24) is 9.78 Å². The zero-order chi connectivity index (χ0) is 10.1. The van der Waals surface area contributed by atoms with Gasteiger partial charge in [0.15, 0.2) is 0 Å². The molecule has 2 atom stereocenters. The number of aryl methyl sites for hydroxylation is 1. The van der Waals surface area contributed by atoms with Gasteiger partial charge in [-0.05, 0) is 6.92 Å². The van der Waals surface area contributed by atoms with Gasteiger partial charge in [0.25, 0.3) is 0 Å². The van der Waals surface area contributed by atoms with Crippen LogP contribution in [0.1, 0.15) is 18.9 Å². The molecule has 1 aliphatic heterocycles. The lowest BCUT2D eigenvalue weighted by Crippen LogP contribution is -2.18. The number of nitrogens with zero attached hydrogens (tertiary/aromatic N) is 3. The lowest BCUT2D eigenvalue weighted by molar-refractivity contribution is 0.0855. The van der Waals surface area contributed by atoms with E-state index in [9.17, 15) is 0 Å². The predicted molar refractivity (Wildman–Crippen MR) is 54.6 cm³/mol. The third-order valence-electron chi connectivity index (χ3n) is 2.24. The number of alkyl halides is 1. The molecular formula is C9H12ClN3O. The molecule has 0 aromatic carbocycles. The normalized spacial score (nSPS) is 23.1. The molecule has 4 nitrogen and oxygen atoms in total. The van der Waals surface area contributed by atoms with E-state index in [0.717, 1.165) is 17.7 Å². The van der Waals surface area contributed by atoms with Crippen LogP contribution in [0.4, 0.5) is 0 Å². The Bertz CT molecular complexity index is 359. The SMILES string of the molecule is CC(Cl)C1CC(c2cnn(C)c2)=NO1.